The summed E-state index contributed by atoms with van der Waals surface area (Å²) in [6.45, 7) is 0.343. The van der Waals surface area contributed by atoms with Crippen molar-refractivity contribution >= 4 is 27.4 Å². The van der Waals surface area contributed by atoms with E-state index in [9.17, 15) is 5.11 Å². The number of hydrogen-bond acceptors (Lipinski definition) is 5. The topological polar surface area (TPSA) is 77.0 Å². The number of nitrogen functional groups attached to an aromatic ring is 1. The monoisotopic (exact) mass is 336 g/mol. The molecular weight excluding hydrogens is 320 g/mol. The Morgan fingerprint density at radius 1 is 1.04 bits per heavy atom. The zero-order chi connectivity index (χ0) is 16.5. The molecule has 0 bridgehead atoms. The predicted octanol–water partition coefficient (Wildman–Crippen LogP) is 3.40. The SMILES string of the molecule is Nc1c(-c2nc3ccccc3s2)c(-c2ccccc2)nn1CCO. The predicted molar refractivity (Wildman–Crippen MR) is 97.8 cm³/mol. The van der Waals surface area contributed by atoms with Gasteiger partial charge in [-0.15, -0.1) is 11.3 Å². The van der Waals surface area contributed by atoms with Gasteiger partial charge in [-0.25, -0.2) is 9.67 Å². The van der Waals surface area contributed by atoms with Crippen LogP contribution in [-0.2, 0) is 6.54 Å². The quantitative estimate of drug-likeness (QED) is 0.599. The Morgan fingerprint density at radius 2 is 1.79 bits per heavy atom. The van der Waals surface area contributed by atoms with Gasteiger partial charge in [-0.3, -0.25) is 0 Å². The molecule has 0 saturated heterocycles. The second-order valence-electron chi connectivity index (χ2n) is 5.41. The second-order valence-corrected chi connectivity index (χ2v) is 6.44. The van der Waals surface area contributed by atoms with Crippen LogP contribution in [0.1, 0.15) is 0 Å². The highest BCUT2D eigenvalue weighted by molar-refractivity contribution is 7.21. The maximum Gasteiger partial charge on any atom is 0.132 e. The van der Waals surface area contributed by atoms with Crippen LogP contribution in [0.15, 0.2) is 54.6 Å². The van der Waals surface area contributed by atoms with E-state index in [0.717, 1.165) is 32.0 Å². The molecule has 0 radical (unpaired) electrons. The van der Waals surface area contributed by atoms with Crippen molar-refractivity contribution in [2.45, 2.75) is 6.54 Å². The number of rotatable bonds is 4. The van der Waals surface area contributed by atoms with Gasteiger partial charge < -0.3 is 10.8 Å². The average molecular weight is 336 g/mol. The molecule has 0 spiro atoms. The van der Waals surface area contributed by atoms with Crippen LogP contribution < -0.4 is 5.73 Å². The van der Waals surface area contributed by atoms with Crippen LogP contribution >= 0.6 is 11.3 Å². The summed E-state index contributed by atoms with van der Waals surface area (Å²) < 4.78 is 2.75. The van der Waals surface area contributed by atoms with Crippen molar-refractivity contribution in [2.75, 3.05) is 12.3 Å². The van der Waals surface area contributed by atoms with Crippen molar-refractivity contribution in [3.63, 3.8) is 0 Å². The van der Waals surface area contributed by atoms with Gasteiger partial charge >= 0.3 is 0 Å². The third kappa shape index (κ3) is 2.46. The highest BCUT2D eigenvalue weighted by atomic mass is 32.1. The molecule has 6 heteroatoms. The van der Waals surface area contributed by atoms with E-state index in [1.54, 1.807) is 16.0 Å². The molecule has 0 atom stereocenters. The van der Waals surface area contributed by atoms with Gasteiger partial charge in [0.25, 0.3) is 0 Å². The average Bonchev–Trinajstić information content (AvgIpc) is 3.17. The maximum atomic E-state index is 9.27. The number of fused-ring (bicyclic) bond motifs is 1. The molecule has 4 rings (SSSR count). The van der Waals surface area contributed by atoms with E-state index >= 15 is 0 Å². The Kier molecular flexibility index (Phi) is 3.76. The fraction of sp³-hybridized carbons (Fsp3) is 0.111. The third-order valence-corrected chi connectivity index (χ3v) is 4.91. The Hall–Kier alpha value is -2.70. The minimum atomic E-state index is -0.0145. The fourth-order valence-corrected chi connectivity index (χ4v) is 3.75. The number of nitrogens with two attached hydrogens (primary N) is 1. The molecule has 0 aliphatic rings. The first-order valence-electron chi connectivity index (χ1n) is 7.66. The van der Waals surface area contributed by atoms with Crippen LogP contribution in [0.2, 0.25) is 0 Å². The number of nitrogens with zero attached hydrogens (tertiary/aromatic N) is 3. The number of benzene rings is 2. The van der Waals surface area contributed by atoms with Crippen LogP contribution in [0.25, 0.3) is 32.0 Å². The molecule has 24 heavy (non-hydrogen) atoms. The molecular formula is C18H16N4OS. The Bertz CT molecular complexity index is 958. The molecule has 4 aromatic rings. The van der Waals surface area contributed by atoms with Crippen LogP contribution in [0, 0.1) is 0 Å². The number of aromatic nitrogens is 3. The van der Waals surface area contributed by atoms with E-state index in [1.165, 1.54) is 0 Å². The molecule has 3 N–H and O–H groups in total. The summed E-state index contributed by atoms with van der Waals surface area (Å²) in [4.78, 5) is 4.73. The van der Waals surface area contributed by atoms with Crippen LogP contribution in [0.3, 0.4) is 0 Å². The van der Waals surface area contributed by atoms with Gasteiger partial charge in [0.2, 0.25) is 0 Å². The summed E-state index contributed by atoms with van der Waals surface area (Å²) in [7, 11) is 0. The van der Waals surface area contributed by atoms with Crippen LogP contribution in [0.4, 0.5) is 5.82 Å². The molecule has 5 nitrogen and oxygen atoms in total. The van der Waals surface area contributed by atoms with Crippen molar-refractivity contribution in [1.29, 1.82) is 0 Å². The summed E-state index contributed by atoms with van der Waals surface area (Å²) in [5.41, 5.74) is 9.89. The first-order chi connectivity index (χ1) is 11.8. The first-order valence-corrected chi connectivity index (χ1v) is 8.48. The number of aliphatic hydroxyl groups excluding tert-OH is 1. The van der Waals surface area contributed by atoms with Gasteiger partial charge in [0.05, 0.1) is 28.9 Å². The van der Waals surface area contributed by atoms with Crippen molar-refractivity contribution < 1.29 is 5.11 Å². The Labute approximate surface area is 143 Å². The summed E-state index contributed by atoms with van der Waals surface area (Å²) in [6.07, 6.45) is 0. The molecule has 0 aliphatic heterocycles. The molecule has 2 heterocycles. The van der Waals surface area contributed by atoms with Crippen molar-refractivity contribution in [3.8, 4) is 21.8 Å². The zero-order valence-electron chi connectivity index (χ0n) is 12.9. The van der Waals surface area contributed by atoms with E-state index < -0.39 is 0 Å². The molecule has 2 aromatic heterocycles. The smallest absolute Gasteiger partial charge is 0.132 e. The zero-order valence-corrected chi connectivity index (χ0v) is 13.7. The summed E-state index contributed by atoms with van der Waals surface area (Å²) in [6, 6.07) is 17.9. The largest absolute Gasteiger partial charge is 0.394 e. The third-order valence-electron chi connectivity index (χ3n) is 3.86. The lowest BCUT2D eigenvalue weighted by Gasteiger charge is -2.01. The van der Waals surface area contributed by atoms with Crippen molar-refractivity contribution in [1.82, 2.24) is 14.8 Å². The molecule has 0 unspecified atom stereocenters. The highest BCUT2D eigenvalue weighted by Gasteiger charge is 2.21. The maximum absolute atomic E-state index is 9.27. The van der Waals surface area contributed by atoms with E-state index in [2.05, 4.69) is 5.10 Å². The number of para-hydroxylation sites is 1. The molecule has 120 valence electrons. The lowest BCUT2D eigenvalue weighted by molar-refractivity contribution is 0.270. The van der Waals surface area contributed by atoms with Gasteiger partial charge in [0, 0.05) is 5.56 Å². The van der Waals surface area contributed by atoms with Crippen molar-refractivity contribution in [3.05, 3.63) is 54.6 Å². The number of thiazole rings is 1. The summed E-state index contributed by atoms with van der Waals surface area (Å²) in [5.74, 6) is 0.530. The normalized spacial score (nSPS) is 11.2. The van der Waals surface area contributed by atoms with Crippen molar-refractivity contribution in [2.24, 2.45) is 0 Å². The molecule has 0 amide bonds. The van der Waals surface area contributed by atoms with Gasteiger partial charge in [-0.05, 0) is 12.1 Å². The first kappa shape index (κ1) is 14.9. The minimum absolute atomic E-state index is 0.0145. The molecule has 2 aromatic carbocycles. The van der Waals surface area contributed by atoms with E-state index in [4.69, 9.17) is 10.7 Å². The summed E-state index contributed by atoms with van der Waals surface area (Å²) in [5, 5.41) is 14.7. The molecule has 0 aliphatic carbocycles. The van der Waals surface area contributed by atoms with Gasteiger partial charge in [0.1, 0.15) is 16.5 Å². The number of aliphatic hydroxyl groups is 1. The van der Waals surface area contributed by atoms with E-state index in [0.29, 0.717) is 12.4 Å². The van der Waals surface area contributed by atoms with Gasteiger partial charge in [-0.2, -0.15) is 5.10 Å². The Balaban J connectivity index is 1.95. The standard InChI is InChI=1S/C18H16N4OS/c19-17-15(18-20-13-8-4-5-9-14(13)24-18)16(21-22(17)10-11-23)12-6-2-1-3-7-12/h1-9,23H,10-11,19H2. The fourth-order valence-electron chi connectivity index (χ4n) is 2.73. The summed E-state index contributed by atoms with van der Waals surface area (Å²) >= 11 is 1.60. The van der Waals surface area contributed by atoms with Gasteiger partial charge in [-0.1, -0.05) is 42.5 Å². The lowest BCUT2D eigenvalue weighted by atomic mass is 10.1. The lowest BCUT2D eigenvalue weighted by Crippen LogP contribution is -2.07. The van der Waals surface area contributed by atoms with Crippen LogP contribution in [-0.4, -0.2) is 26.5 Å². The minimum Gasteiger partial charge on any atom is -0.394 e. The molecule has 0 fully saturated rings. The van der Waals surface area contributed by atoms with Crippen LogP contribution in [0.5, 0.6) is 0 Å². The molecule has 0 saturated carbocycles. The number of hydrogen-bond donors (Lipinski definition) is 2. The van der Waals surface area contributed by atoms with E-state index in [1.807, 2.05) is 54.6 Å². The number of anilines is 1. The highest BCUT2D eigenvalue weighted by Crippen LogP contribution is 2.39. The second kappa shape index (κ2) is 6.07. The van der Waals surface area contributed by atoms with E-state index in [-0.39, 0.29) is 6.61 Å². The van der Waals surface area contributed by atoms with Gasteiger partial charge in [0.15, 0.2) is 0 Å². The Morgan fingerprint density at radius 3 is 2.54 bits per heavy atom.